The number of carbonyl (C=O) groups is 1. The number of carbonyl (C=O) groups excluding carboxylic acids is 1. The van der Waals surface area contributed by atoms with Crippen molar-refractivity contribution in [2.75, 3.05) is 0 Å². The van der Waals surface area contributed by atoms with Crippen LogP contribution in [0, 0.1) is 0 Å². The quantitative estimate of drug-likeness (QED) is 0.657. The van der Waals surface area contributed by atoms with Crippen molar-refractivity contribution in [2.45, 2.75) is 13.0 Å². The van der Waals surface area contributed by atoms with Crippen molar-refractivity contribution < 1.29 is 14.6 Å². The number of hydrogen-bond donors (Lipinski definition) is 2. The predicted molar refractivity (Wildman–Crippen MR) is 85.4 cm³/mol. The minimum atomic E-state index is -0.696. The van der Waals surface area contributed by atoms with Crippen molar-refractivity contribution in [3.63, 3.8) is 0 Å². The van der Waals surface area contributed by atoms with Gasteiger partial charge in [0.2, 0.25) is 0 Å². The molecule has 2 aromatic rings. The van der Waals surface area contributed by atoms with E-state index in [0.717, 1.165) is 5.56 Å². The number of ether oxygens (including phenoxy) is 1. The number of halogens is 1. The third-order valence-electron chi connectivity index (χ3n) is 2.78. The lowest BCUT2D eigenvalue weighted by molar-refractivity contribution is -0.127. The Morgan fingerprint density at radius 2 is 1.86 bits per heavy atom. The molecule has 6 heteroatoms. The van der Waals surface area contributed by atoms with Gasteiger partial charge in [0.25, 0.3) is 5.91 Å². The smallest absolute Gasteiger partial charge is 0.280 e. The number of nitrogens with zero attached hydrogens (tertiary/aromatic N) is 1. The van der Waals surface area contributed by atoms with Crippen LogP contribution in [0.2, 0.25) is 5.02 Å². The van der Waals surface area contributed by atoms with Crippen LogP contribution in [0.25, 0.3) is 0 Å². The first-order valence-electron chi connectivity index (χ1n) is 6.59. The summed E-state index contributed by atoms with van der Waals surface area (Å²) in [5, 5.41) is 13.6. The topological polar surface area (TPSA) is 70.9 Å². The molecule has 0 saturated heterocycles. The van der Waals surface area contributed by atoms with E-state index in [0.29, 0.717) is 10.8 Å². The molecule has 0 aliphatic carbocycles. The Labute approximate surface area is 133 Å². The third kappa shape index (κ3) is 4.79. The maximum Gasteiger partial charge on any atom is 0.280 e. The van der Waals surface area contributed by atoms with Crippen LogP contribution in [0.3, 0.4) is 0 Å². The van der Waals surface area contributed by atoms with E-state index in [1.807, 2.05) is 0 Å². The van der Waals surface area contributed by atoms with Gasteiger partial charge in [-0.05, 0) is 61.0 Å². The summed E-state index contributed by atoms with van der Waals surface area (Å²) < 4.78 is 5.47. The van der Waals surface area contributed by atoms with Crippen molar-refractivity contribution in [3.05, 3.63) is 59.1 Å². The van der Waals surface area contributed by atoms with Crippen LogP contribution in [-0.2, 0) is 4.79 Å². The molecule has 2 aromatic carbocycles. The van der Waals surface area contributed by atoms with Crippen molar-refractivity contribution in [3.8, 4) is 11.5 Å². The maximum atomic E-state index is 11.8. The number of hydrogen-bond acceptors (Lipinski definition) is 4. The molecule has 0 aliphatic heterocycles. The molecule has 2 N–H and O–H groups in total. The fraction of sp³-hybridized carbons (Fsp3) is 0.125. The molecule has 0 saturated carbocycles. The average molecular weight is 319 g/mol. The highest BCUT2D eigenvalue weighted by atomic mass is 35.5. The second kappa shape index (κ2) is 7.47. The molecule has 0 aromatic heterocycles. The molecule has 0 aliphatic rings. The highest BCUT2D eigenvalue weighted by molar-refractivity contribution is 6.30. The minimum Gasteiger partial charge on any atom is -0.508 e. The second-order valence-electron chi connectivity index (χ2n) is 4.54. The van der Waals surface area contributed by atoms with Crippen molar-refractivity contribution in [2.24, 2.45) is 5.10 Å². The van der Waals surface area contributed by atoms with E-state index in [4.69, 9.17) is 21.4 Å². The first kappa shape index (κ1) is 15.9. The molecule has 0 fully saturated rings. The Bertz CT molecular complexity index is 654. The van der Waals surface area contributed by atoms with Crippen molar-refractivity contribution in [1.29, 1.82) is 0 Å². The van der Waals surface area contributed by atoms with Crippen LogP contribution in [0.5, 0.6) is 11.5 Å². The molecule has 1 amide bonds. The molecule has 114 valence electrons. The molecule has 0 spiro atoms. The first-order valence-corrected chi connectivity index (χ1v) is 6.96. The van der Waals surface area contributed by atoms with E-state index in [-0.39, 0.29) is 11.7 Å². The summed E-state index contributed by atoms with van der Waals surface area (Å²) in [6, 6.07) is 13.2. The predicted octanol–water partition coefficient (Wildman–Crippen LogP) is 2.96. The van der Waals surface area contributed by atoms with E-state index in [1.165, 1.54) is 18.3 Å². The molecule has 22 heavy (non-hydrogen) atoms. The fourth-order valence-corrected chi connectivity index (χ4v) is 1.72. The van der Waals surface area contributed by atoms with Gasteiger partial charge in [-0.15, -0.1) is 0 Å². The maximum absolute atomic E-state index is 11.8. The lowest BCUT2D eigenvalue weighted by Crippen LogP contribution is -2.33. The van der Waals surface area contributed by atoms with Crippen molar-refractivity contribution in [1.82, 2.24) is 5.43 Å². The van der Waals surface area contributed by atoms with Gasteiger partial charge in [-0.1, -0.05) is 11.6 Å². The number of aromatic hydroxyl groups is 1. The van der Waals surface area contributed by atoms with E-state index >= 15 is 0 Å². The van der Waals surface area contributed by atoms with E-state index in [1.54, 1.807) is 43.3 Å². The lowest BCUT2D eigenvalue weighted by atomic mass is 10.2. The van der Waals surface area contributed by atoms with Gasteiger partial charge in [0.1, 0.15) is 11.5 Å². The van der Waals surface area contributed by atoms with Gasteiger partial charge < -0.3 is 9.84 Å². The average Bonchev–Trinajstić information content (AvgIpc) is 2.51. The zero-order valence-electron chi connectivity index (χ0n) is 11.9. The Hall–Kier alpha value is -2.53. The minimum absolute atomic E-state index is 0.172. The molecule has 5 nitrogen and oxygen atoms in total. The van der Waals surface area contributed by atoms with Gasteiger partial charge in [0.05, 0.1) is 6.21 Å². The van der Waals surface area contributed by atoms with E-state index < -0.39 is 6.10 Å². The number of nitrogens with one attached hydrogen (secondary N) is 1. The monoisotopic (exact) mass is 318 g/mol. The molecule has 0 heterocycles. The molecule has 0 bridgehead atoms. The number of rotatable bonds is 5. The zero-order valence-corrected chi connectivity index (χ0v) is 12.6. The molecule has 2 rings (SSSR count). The standard InChI is InChI=1S/C16H15ClN2O3/c1-11(22-15-8-4-13(17)5-9-15)16(21)19-18-10-12-2-6-14(20)7-3-12/h2-11,20H,1H3,(H,19,21)/b18-10+/t11-/m0/s1. The summed E-state index contributed by atoms with van der Waals surface area (Å²) in [6.45, 7) is 1.63. The number of benzene rings is 2. The van der Waals surface area contributed by atoms with Crippen LogP contribution in [0.15, 0.2) is 53.6 Å². The first-order chi connectivity index (χ1) is 10.5. The Morgan fingerprint density at radius 3 is 2.50 bits per heavy atom. The van der Waals surface area contributed by atoms with Gasteiger partial charge in [-0.25, -0.2) is 5.43 Å². The van der Waals surface area contributed by atoms with Crippen LogP contribution >= 0.6 is 11.6 Å². The number of phenols is 1. The van der Waals surface area contributed by atoms with Gasteiger partial charge in [0.15, 0.2) is 6.10 Å². The van der Waals surface area contributed by atoms with E-state index in [2.05, 4.69) is 10.5 Å². The molecular weight excluding hydrogens is 304 g/mol. The van der Waals surface area contributed by atoms with Crippen LogP contribution in [0.4, 0.5) is 0 Å². The summed E-state index contributed by atoms with van der Waals surface area (Å²) in [4.78, 5) is 11.8. The molecular formula is C16H15ClN2O3. The van der Waals surface area contributed by atoms with Gasteiger partial charge in [-0.3, -0.25) is 4.79 Å². The fourth-order valence-electron chi connectivity index (χ4n) is 1.59. The number of amides is 1. The Morgan fingerprint density at radius 1 is 1.23 bits per heavy atom. The summed E-state index contributed by atoms with van der Waals surface area (Å²) in [5.41, 5.74) is 3.15. The normalized spacial score (nSPS) is 12.1. The summed E-state index contributed by atoms with van der Waals surface area (Å²) >= 11 is 5.78. The number of hydrazone groups is 1. The highest BCUT2D eigenvalue weighted by Crippen LogP contribution is 2.16. The Balaban J connectivity index is 1.85. The van der Waals surface area contributed by atoms with Gasteiger partial charge in [-0.2, -0.15) is 5.10 Å². The third-order valence-corrected chi connectivity index (χ3v) is 3.03. The summed E-state index contributed by atoms with van der Waals surface area (Å²) in [7, 11) is 0. The van der Waals surface area contributed by atoms with Crippen molar-refractivity contribution >= 4 is 23.7 Å². The second-order valence-corrected chi connectivity index (χ2v) is 4.98. The van der Waals surface area contributed by atoms with E-state index in [9.17, 15) is 4.79 Å². The highest BCUT2D eigenvalue weighted by Gasteiger charge is 2.13. The largest absolute Gasteiger partial charge is 0.508 e. The van der Waals surface area contributed by atoms with Gasteiger partial charge >= 0.3 is 0 Å². The Kier molecular flexibility index (Phi) is 5.38. The lowest BCUT2D eigenvalue weighted by Gasteiger charge is -2.12. The summed E-state index contributed by atoms with van der Waals surface area (Å²) in [5.74, 6) is 0.353. The zero-order chi connectivity index (χ0) is 15.9. The van der Waals surface area contributed by atoms with Crippen LogP contribution in [-0.4, -0.2) is 23.3 Å². The molecule has 1 atom stereocenters. The molecule has 0 radical (unpaired) electrons. The number of phenolic OH excluding ortho intramolecular Hbond substituents is 1. The van der Waals surface area contributed by atoms with Gasteiger partial charge in [0, 0.05) is 5.02 Å². The SMILES string of the molecule is C[C@H](Oc1ccc(Cl)cc1)C(=O)N/N=C/c1ccc(O)cc1. The molecule has 0 unspecified atom stereocenters. The van der Waals surface area contributed by atoms with Crippen LogP contribution in [0.1, 0.15) is 12.5 Å². The van der Waals surface area contributed by atoms with Crippen LogP contribution < -0.4 is 10.2 Å². The summed E-state index contributed by atoms with van der Waals surface area (Å²) in [6.07, 6.45) is 0.782.